The number of rotatable bonds is 3. The van der Waals surface area contributed by atoms with Gasteiger partial charge in [0, 0.05) is 29.9 Å². The Bertz CT molecular complexity index is 475. The van der Waals surface area contributed by atoms with Crippen LogP contribution in [-0.2, 0) is 0 Å². The van der Waals surface area contributed by atoms with E-state index in [0.717, 1.165) is 24.4 Å². The Hall–Kier alpha value is -1.62. The highest BCUT2D eigenvalue weighted by Gasteiger charge is 2.28. The number of hydrogen-bond donors (Lipinski definition) is 2. The maximum Gasteiger partial charge on any atom is 0.248 e. The average molecular weight is 262 g/mol. The molecule has 0 radical (unpaired) electrons. The van der Waals surface area contributed by atoms with Gasteiger partial charge in [-0.1, -0.05) is 0 Å². The summed E-state index contributed by atoms with van der Waals surface area (Å²) in [5.41, 5.74) is 12.6. The summed E-state index contributed by atoms with van der Waals surface area (Å²) in [5, 5.41) is 0. The first kappa shape index (κ1) is 13.8. The standard InChI is InChI=1S/C14H22N4O/c1-9-6-11(14(16)19)7-13(17-9)18-10(2)4-3-5-12(18)8-15/h6-7,10,12H,3-5,8,15H2,1-2H3,(H2,16,19). The molecule has 0 aromatic carbocycles. The van der Waals surface area contributed by atoms with Crippen LogP contribution in [0.1, 0.15) is 42.2 Å². The van der Waals surface area contributed by atoms with E-state index >= 15 is 0 Å². The smallest absolute Gasteiger partial charge is 0.248 e. The number of carbonyl (C=O) groups excluding carboxylic acids is 1. The minimum atomic E-state index is -0.416. The number of nitrogens with zero attached hydrogens (tertiary/aromatic N) is 2. The molecular formula is C14H22N4O. The van der Waals surface area contributed by atoms with Crippen LogP contribution in [0.3, 0.4) is 0 Å². The summed E-state index contributed by atoms with van der Waals surface area (Å²) in [7, 11) is 0. The zero-order valence-corrected chi connectivity index (χ0v) is 11.6. The number of aryl methyl sites for hydroxylation is 1. The van der Waals surface area contributed by atoms with Gasteiger partial charge in [-0.3, -0.25) is 4.79 Å². The number of primary amides is 1. The van der Waals surface area contributed by atoms with E-state index in [-0.39, 0.29) is 0 Å². The van der Waals surface area contributed by atoms with Gasteiger partial charge in [-0.05, 0) is 45.2 Å². The normalized spacial score (nSPS) is 23.4. The quantitative estimate of drug-likeness (QED) is 0.857. The molecule has 0 aliphatic carbocycles. The number of carbonyl (C=O) groups is 1. The fraction of sp³-hybridized carbons (Fsp3) is 0.571. The monoisotopic (exact) mass is 262 g/mol. The van der Waals surface area contributed by atoms with E-state index in [0.29, 0.717) is 24.2 Å². The van der Waals surface area contributed by atoms with E-state index in [9.17, 15) is 4.79 Å². The lowest BCUT2D eigenvalue weighted by molar-refractivity contribution is 0.1000. The lowest BCUT2D eigenvalue weighted by Gasteiger charge is -2.41. The SMILES string of the molecule is Cc1cc(C(N)=O)cc(N2C(C)CCCC2CN)n1. The predicted molar refractivity (Wildman–Crippen MR) is 76.1 cm³/mol. The van der Waals surface area contributed by atoms with Gasteiger partial charge >= 0.3 is 0 Å². The fourth-order valence-electron chi connectivity index (χ4n) is 2.86. The molecule has 1 aliphatic heterocycles. The molecular weight excluding hydrogens is 240 g/mol. The van der Waals surface area contributed by atoms with E-state index < -0.39 is 5.91 Å². The third kappa shape index (κ3) is 2.87. The maximum atomic E-state index is 11.4. The number of amides is 1. The second kappa shape index (κ2) is 5.57. The summed E-state index contributed by atoms with van der Waals surface area (Å²) in [6, 6.07) is 4.17. The molecule has 2 rings (SSSR count). The average Bonchev–Trinajstić information content (AvgIpc) is 2.37. The first-order valence-electron chi connectivity index (χ1n) is 6.80. The molecule has 1 aromatic heterocycles. The van der Waals surface area contributed by atoms with Gasteiger partial charge in [0.05, 0.1) is 0 Å². The minimum absolute atomic E-state index is 0.291. The summed E-state index contributed by atoms with van der Waals surface area (Å²) in [5.74, 6) is 0.400. The highest BCUT2D eigenvalue weighted by molar-refractivity contribution is 5.93. The van der Waals surface area contributed by atoms with Crippen molar-refractivity contribution in [2.45, 2.75) is 45.2 Å². The van der Waals surface area contributed by atoms with Gasteiger partial charge in [0.2, 0.25) is 5.91 Å². The van der Waals surface area contributed by atoms with Crippen molar-refractivity contribution >= 4 is 11.7 Å². The van der Waals surface area contributed by atoms with Crippen molar-refractivity contribution in [1.29, 1.82) is 0 Å². The Morgan fingerprint density at radius 3 is 2.84 bits per heavy atom. The molecule has 4 N–H and O–H groups in total. The summed E-state index contributed by atoms with van der Waals surface area (Å²) in [6.07, 6.45) is 3.38. The lowest BCUT2D eigenvalue weighted by atomic mass is 9.96. The molecule has 2 heterocycles. The zero-order chi connectivity index (χ0) is 14.0. The Labute approximate surface area is 114 Å². The first-order valence-corrected chi connectivity index (χ1v) is 6.80. The zero-order valence-electron chi connectivity index (χ0n) is 11.6. The van der Waals surface area contributed by atoms with Gasteiger partial charge in [0.15, 0.2) is 0 Å². The molecule has 1 saturated heterocycles. The van der Waals surface area contributed by atoms with Crippen LogP contribution >= 0.6 is 0 Å². The Morgan fingerprint density at radius 2 is 2.21 bits per heavy atom. The molecule has 1 aliphatic rings. The van der Waals surface area contributed by atoms with Crippen LogP contribution in [0.15, 0.2) is 12.1 Å². The van der Waals surface area contributed by atoms with Gasteiger partial charge < -0.3 is 16.4 Å². The van der Waals surface area contributed by atoms with Crippen molar-refractivity contribution in [3.05, 3.63) is 23.4 Å². The van der Waals surface area contributed by atoms with E-state index in [1.807, 2.05) is 6.92 Å². The molecule has 0 bridgehead atoms. The summed E-state index contributed by atoms with van der Waals surface area (Å²) in [6.45, 7) is 4.66. The van der Waals surface area contributed by atoms with Crippen LogP contribution in [-0.4, -0.2) is 29.5 Å². The molecule has 2 unspecified atom stereocenters. The second-order valence-electron chi connectivity index (χ2n) is 5.30. The van der Waals surface area contributed by atoms with E-state index in [4.69, 9.17) is 11.5 Å². The maximum absolute atomic E-state index is 11.4. The molecule has 0 saturated carbocycles. The highest BCUT2D eigenvalue weighted by atomic mass is 16.1. The summed E-state index contributed by atoms with van der Waals surface area (Å²) >= 11 is 0. The first-order chi connectivity index (χ1) is 9.02. The van der Waals surface area contributed by atoms with E-state index in [2.05, 4.69) is 16.8 Å². The van der Waals surface area contributed by atoms with Crippen molar-refractivity contribution in [3.8, 4) is 0 Å². The molecule has 0 spiro atoms. The Balaban J connectivity index is 2.40. The third-order valence-electron chi connectivity index (χ3n) is 3.79. The van der Waals surface area contributed by atoms with E-state index in [1.165, 1.54) is 6.42 Å². The van der Waals surface area contributed by atoms with Gasteiger partial charge in [0.1, 0.15) is 5.82 Å². The van der Waals surface area contributed by atoms with Crippen LogP contribution < -0.4 is 16.4 Å². The number of pyridine rings is 1. The molecule has 5 heteroatoms. The van der Waals surface area contributed by atoms with Crippen molar-refractivity contribution in [2.24, 2.45) is 11.5 Å². The molecule has 1 amide bonds. The van der Waals surface area contributed by atoms with Crippen molar-refractivity contribution < 1.29 is 4.79 Å². The van der Waals surface area contributed by atoms with Gasteiger partial charge in [-0.25, -0.2) is 4.98 Å². The van der Waals surface area contributed by atoms with Crippen LogP contribution in [0.2, 0.25) is 0 Å². The van der Waals surface area contributed by atoms with E-state index in [1.54, 1.807) is 12.1 Å². The van der Waals surface area contributed by atoms with Crippen molar-refractivity contribution in [1.82, 2.24) is 4.98 Å². The number of aromatic nitrogens is 1. The molecule has 2 atom stereocenters. The number of anilines is 1. The van der Waals surface area contributed by atoms with Crippen LogP contribution in [0.5, 0.6) is 0 Å². The summed E-state index contributed by atoms with van der Waals surface area (Å²) in [4.78, 5) is 18.2. The topological polar surface area (TPSA) is 85.2 Å². The highest BCUT2D eigenvalue weighted by Crippen LogP contribution is 2.28. The third-order valence-corrected chi connectivity index (χ3v) is 3.79. The van der Waals surface area contributed by atoms with Gasteiger partial charge in [-0.15, -0.1) is 0 Å². The minimum Gasteiger partial charge on any atom is -0.366 e. The van der Waals surface area contributed by atoms with Crippen LogP contribution in [0, 0.1) is 6.92 Å². The Kier molecular flexibility index (Phi) is 4.04. The van der Waals surface area contributed by atoms with Crippen LogP contribution in [0.25, 0.3) is 0 Å². The molecule has 1 fully saturated rings. The molecule has 5 nitrogen and oxygen atoms in total. The van der Waals surface area contributed by atoms with Gasteiger partial charge in [-0.2, -0.15) is 0 Å². The van der Waals surface area contributed by atoms with Crippen LogP contribution in [0.4, 0.5) is 5.82 Å². The fourth-order valence-corrected chi connectivity index (χ4v) is 2.86. The number of piperidine rings is 1. The second-order valence-corrected chi connectivity index (χ2v) is 5.30. The number of hydrogen-bond acceptors (Lipinski definition) is 4. The van der Waals surface area contributed by atoms with Crippen molar-refractivity contribution in [3.63, 3.8) is 0 Å². The predicted octanol–water partition coefficient (Wildman–Crippen LogP) is 1.20. The molecule has 1 aromatic rings. The van der Waals surface area contributed by atoms with Crippen molar-refractivity contribution in [2.75, 3.05) is 11.4 Å². The van der Waals surface area contributed by atoms with Gasteiger partial charge in [0.25, 0.3) is 0 Å². The Morgan fingerprint density at radius 1 is 1.47 bits per heavy atom. The molecule has 104 valence electrons. The largest absolute Gasteiger partial charge is 0.366 e. The molecule has 19 heavy (non-hydrogen) atoms. The number of nitrogens with two attached hydrogens (primary N) is 2. The summed E-state index contributed by atoms with van der Waals surface area (Å²) < 4.78 is 0. The lowest BCUT2D eigenvalue weighted by Crippen LogP contribution is -2.49.